The maximum absolute atomic E-state index is 13.3. The first-order valence-electron chi connectivity index (χ1n) is 11.9. The fraction of sp³-hybridized carbons (Fsp3) is 0.179. The second kappa shape index (κ2) is 12.7. The number of nitrogens with one attached hydrogen (secondary N) is 4. The molecule has 1 aliphatic heterocycles. The lowest BCUT2D eigenvalue weighted by molar-refractivity contribution is -0.123. The van der Waals surface area contributed by atoms with Gasteiger partial charge in [0, 0.05) is 23.0 Å². The molecule has 3 aromatic rings. The van der Waals surface area contributed by atoms with E-state index in [0.717, 1.165) is 5.56 Å². The molecule has 1 heterocycles. The fourth-order valence-corrected chi connectivity index (χ4v) is 4.81. The van der Waals surface area contributed by atoms with Gasteiger partial charge in [-0.3, -0.25) is 9.59 Å². The molecule has 0 saturated heterocycles. The number of hydrogen-bond donors (Lipinski definition) is 4. The molecule has 9 nitrogen and oxygen atoms in total. The van der Waals surface area contributed by atoms with Crippen LogP contribution in [0.25, 0.3) is 0 Å². The van der Waals surface area contributed by atoms with Crippen molar-refractivity contribution in [3.8, 4) is 11.5 Å². The Balaban J connectivity index is 1.53. The van der Waals surface area contributed by atoms with Gasteiger partial charge in [-0.05, 0) is 64.3 Å². The summed E-state index contributed by atoms with van der Waals surface area (Å²) in [4.78, 5) is 38.0. The van der Waals surface area contributed by atoms with Crippen LogP contribution >= 0.6 is 27.5 Å². The molecule has 4 amide bonds. The molecular formula is C28H26BrClN4O5. The van der Waals surface area contributed by atoms with Crippen LogP contribution in [0, 0.1) is 0 Å². The van der Waals surface area contributed by atoms with Crippen molar-refractivity contribution < 1.29 is 23.9 Å². The molecule has 11 heteroatoms. The minimum atomic E-state index is -0.800. The Bertz CT molecular complexity index is 1430. The number of methoxy groups -OCH3 is 1. The highest BCUT2D eigenvalue weighted by Gasteiger charge is 2.32. The maximum Gasteiger partial charge on any atom is 0.319 e. The first-order chi connectivity index (χ1) is 18.7. The Kier molecular flexibility index (Phi) is 9.11. The molecule has 202 valence electrons. The van der Waals surface area contributed by atoms with Crippen molar-refractivity contribution in [2.24, 2.45) is 0 Å². The summed E-state index contributed by atoms with van der Waals surface area (Å²) in [5.74, 6) is -0.101. The average Bonchev–Trinajstić information content (AvgIpc) is 2.90. The lowest BCUT2D eigenvalue weighted by Crippen LogP contribution is -2.46. The molecule has 0 radical (unpaired) electrons. The van der Waals surface area contributed by atoms with Gasteiger partial charge in [0.25, 0.3) is 11.8 Å². The predicted molar refractivity (Wildman–Crippen MR) is 152 cm³/mol. The summed E-state index contributed by atoms with van der Waals surface area (Å²) in [6.07, 6.45) is 0. The highest BCUT2D eigenvalue weighted by Crippen LogP contribution is 2.40. The normalized spacial score (nSPS) is 14.7. The number of anilines is 1. The second-order valence-corrected chi connectivity index (χ2v) is 9.91. The minimum Gasteiger partial charge on any atom is -0.493 e. The molecule has 4 rings (SSSR count). The highest BCUT2D eigenvalue weighted by molar-refractivity contribution is 9.10. The standard InChI is InChI=1S/C28H26BrClN4O5/c1-16-24(27(36)33-20-10-6-9-19(30)13-20)25(34-28(37)32-16)18-11-21(29)26(22(12-18)38-2)39-15-23(35)31-14-17-7-4-3-5-8-17/h3-13,25H,14-15H2,1-2H3,(H,31,35)(H,33,36)(H2,32,34,37)/t25-/m0/s1. The van der Waals surface area contributed by atoms with Crippen LogP contribution in [0.3, 0.4) is 0 Å². The Morgan fingerprint density at radius 3 is 2.56 bits per heavy atom. The van der Waals surface area contributed by atoms with Gasteiger partial charge in [-0.25, -0.2) is 4.79 Å². The van der Waals surface area contributed by atoms with Gasteiger partial charge in [0.2, 0.25) is 0 Å². The van der Waals surface area contributed by atoms with Crippen LogP contribution in [0.1, 0.15) is 24.1 Å². The summed E-state index contributed by atoms with van der Waals surface area (Å²) < 4.78 is 11.8. The molecular weight excluding hydrogens is 588 g/mol. The van der Waals surface area contributed by atoms with Gasteiger partial charge >= 0.3 is 6.03 Å². The first kappa shape index (κ1) is 28.0. The van der Waals surface area contributed by atoms with Crippen molar-refractivity contribution >= 4 is 51.1 Å². The number of carbonyl (C=O) groups is 3. The summed E-state index contributed by atoms with van der Waals surface area (Å²) in [5, 5.41) is 11.6. The van der Waals surface area contributed by atoms with Crippen LogP contribution in [0.2, 0.25) is 5.02 Å². The number of benzene rings is 3. The molecule has 0 fully saturated rings. The van der Waals surface area contributed by atoms with Gasteiger partial charge in [0.05, 0.1) is 23.2 Å². The molecule has 0 bridgehead atoms. The van der Waals surface area contributed by atoms with Gasteiger partial charge in [-0.15, -0.1) is 0 Å². The fourth-order valence-electron chi connectivity index (χ4n) is 4.04. The third-order valence-corrected chi connectivity index (χ3v) is 6.69. The lowest BCUT2D eigenvalue weighted by atomic mass is 9.94. The monoisotopic (exact) mass is 612 g/mol. The molecule has 0 aromatic heterocycles. The van der Waals surface area contributed by atoms with E-state index in [0.29, 0.717) is 50.1 Å². The van der Waals surface area contributed by atoms with Crippen molar-refractivity contribution in [1.82, 2.24) is 16.0 Å². The predicted octanol–water partition coefficient (Wildman–Crippen LogP) is 5.07. The molecule has 4 N–H and O–H groups in total. The van der Waals surface area contributed by atoms with Crippen LogP contribution in [0.4, 0.5) is 10.5 Å². The average molecular weight is 614 g/mol. The van der Waals surface area contributed by atoms with Crippen molar-refractivity contribution in [3.63, 3.8) is 0 Å². The minimum absolute atomic E-state index is 0.239. The van der Waals surface area contributed by atoms with Crippen LogP contribution < -0.4 is 30.7 Å². The third-order valence-electron chi connectivity index (χ3n) is 5.86. The number of amides is 4. The number of rotatable bonds is 9. The van der Waals surface area contributed by atoms with Gasteiger partial charge in [0.15, 0.2) is 18.1 Å². The van der Waals surface area contributed by atoms with Crippen LogP contribution in [0.5, 0.6) is 11.5 Å². The van der Waals surface area contributed by atoms with E-state index in [9.17, 15) is 14.4 Å². The number of carbonyl (C=O) groups excluding carboxylic acids is 3. The Labute approximate surface area is 239 Å². The highest BCUT2D eigenvalue weighted by atomic mass is 79.9. The quantitative estimate of drug-likeness (QED) is 0.269. The molecule has 1 atom stereocenters. The second-order valence-electron chi connectivity index (χ2n) is 8.62. The molecule has 0 unspecified atom stereocenters. The van der Waals surface area contributed by atoms with Crippen molar-refractivity contribution in [2.45, 2.75) is 19.5 Å². The maximum atomic E-state index is 13.3. The third kappa shape index (κ3) is 7.10. The van der Waals surface area contributed by atoms with E-state index in [1.807, 2.05) is 30.3 Å². The molecule has 0 aliphatic carbocycles. The molecule has 0 saturated carbocycles. The Hall–Kier alpha value is -4.02. The number of ether oxygens (including phenoxy) is 2. The van der Waals surface area contributed by atoms with Gasteiger partial charge < -0.3 is 30.7 Å². The van der Waals surface area contributed by atoms with Crippen molar-refractivity contribution in [2.75, 3.05) is 19.0 Å². The largest absolute Gasteiger partial charge is 0.493 e. The molecule has 1 aliphatic rings. The summed E-state index contributed by atoms with van der Waals surface area (Å²) in [7, 11) is 1.46. The van der Waals surface area contributed by atoms with Crippen LogP contribution in [-0.4, -0.2) is 31.6 Å². The van der Waals surface area contributed by atoms with Crippen molar-refractivity contribution in [3.05, 3.63) is 98.6 Å². The van der Waals surface area contributed by atoms with Gasteiger partial charge in [0.1, 0.15) is 0 Å². The van der Waals surface area contributed by atoms with E-state index in [-0.39, 0.29) is 12.5 Å². The van der Waals surface area contributed by atoms with Gasteiger partial charge in [-0.2, -0.15) is 0 Å². The van der Waals surface area contributed by atoms with Gasteiger partial charge in [-0.1, -0.05) is 48.0 Å². The zero-order chi connectivity index (χ0) is 27.9. The zero-order valence-electron chi connectivity index (χ0n) is 21.1. The van der Waals surface area contributed by atoms with E-state index in [2.05, 4.69) is 37.2 Å². The molecule has 39 heavy (non-hydrogen) atoms. The number of halogens is 2. The molecule has 0 spiro atoms. The summed E-state index contributed by atoms with van der Waals surface area (Å²) in [5.41, 5.74) is 2.74. The van der Waals surface area contributed by atoms with E-state index in [4.69, 9.17) is 21.1 Å². The summed E-state index contributed by atoms with van der Waals surface area (Å²) in [6, 6.07) is 18.4. The smallest absolute Gasteiger partial charge is 0.319 e. The Morgan fingerprint density at radius 2 is 1.85 bits per heavy atom. The van der Waals surface area contributed by atoms with E-state index in [1.54, 1.807) is 43.3 Å². The lowest BCUT2D eigenvalue weighted by Gasteiger charge is -2.29. The molecule has 3 aromatic carbocycles. The van der Waals surface area contributed by atoms with E-state index >= 15 is 0 Å². The topological polar surface area (TPSA) is 118 Å². The SMILES string of the molecule is COc1cc([C@@H]2NC(=O)NC(C)=C2C(=O)Nc2cccc(Cl)c2)cc(Br)c1OCC(=O)NCc1ccccc1. The van der Waals surface area contributed by atoms with Crippen LogP contribution in [-0.2, 0) is 16.1 Å². The van der Waals surface area contributed by atoms with E-state index in [1.165, 1.54) is 7.11 Å². The number of hydrogen-bond acceptors (Lipinski definition) is 5. The number of urea groups is 1. The summed E-state index contributed by atoms with van der Waals surface area (Å²) in [6.45, 7) is 1.79. The van der Waals surface area contributed by atoms with Crippen LogP contribution in [0.15, 0.2) is 82.5 Å². The summed E-state index contributed by atoms with van der Waals surface area (Å²) >= 11 is 9.54. The number of allylic oxidation sites excluding steroid dienone is 1. The van der Waals surface area contributed by atoms with E-state index < -0.39 is 18.0 Å². The van der Waals surface area contributed by atoms with Crippen molar-refractivity contribution in [1.29, 1.82) is 0 Å². The first-order valence-corrected chi connectivity index (χ1v) is 13.1. The zero-order valence-corrected chi connectivity index (χ0v) is 23.5. The Morgan fingerprint density at radius 1 is 1.08 bits per heavy atom.